The smallest absolute Gasteiger partial charge is 0.408 e. The van der Waals surface area contributed by atoms with Gasteiger partial charge in [0.25, 0.3) is 5.91 Å². The van der Waals surface area contributed by atoms with Crippen molar-refractivity contribution in [2.75, 3.05) is 7.11 Å². The third-order valence-electron chi connectivity index (χ3n) is 2.09. The summed E-state index contributed by atoms with van der Waals surface area (Å²) in [5.74, 6) is -0.492. The normalized spacial score (nSPS) is 12.4. The second kappa shape index (κ2) is 6.84. The second-order valence-corrected chi connectivity index (χ2v) is 5.82. The Hall–Kier alpha value is -1.17. The van der Waals surface area contributed by atoms with Crippen molar-refractivity contribution in [3.63, 3.8) is 0 Å². The Bertz CT molecular complexity index is 448. The molecule has 5 nitrogen and oxygen atoms in total. The molecule has 0 saturated heterocycles. The number of benzene rings is 1. The van der Waals surface area contributed by atoms with E-state index in [1.807, 2.05) is 0 Å². The Kier molecular flexibility index (Phi) is 5.72. The van der Waals surface area contributed by atoms with Crippen LogP contribution in [0.2, 0.25) is 0 Å². The molecule has 0 spiro atoms. The van der Waals surface area contributed by atoms with Gasteiger partial charge in [0.05, 0.1) is 7.11 Å². The predicted molar refractivity (Wildman–Crippen MR) is 73.5 cm³/mol. The molecule has 2 N–H and O–H groups in total. The minimum atomic E-state index is -1.92. The van der Waals surface area contributed by atoms with Crippen molar-refractivity contribution in [2.45, 2.75) is 9.96 Å². The lowest BCUT2D eigenvalue weighted by atomic mass is 10.2. The number of alkyl carbamates (subject to hydrolysis) is 1. The van der Waals surface area contributed by atoms with Crippen molar-refractivity contribution in [1.29, 1.82) is 0 Å². The van der Waals surface area contributed by atoms with Gasteiger partial charge in [-0.25, -0.2) is 4.79 Å². The largest absolute Gasteiger partial charge is 0.453 e. The Balaban J connectivity index is 2.78. The van der Waals surface area contributed by atoms with Crippen LogP contribution < -0.4 is 10.6 Å². The summed E-state index contributed by atoms with van der Waals surface area (Å²) < 4.78 is 2.47. The molecule has 104 valence electrons. The van der Waals surface area contributed by atoms with Crippen LogP contribution in [0.1, 0.15) is 10.4 Å². The topological polar surface area (TPSA) is 67.4 Å². The van der Waals surface area contributed by atoms with Crippen molar-refractivity contribution in [1.82, 2.24) is 10.6 Å². The maximum absolute atomic E-state index is 11.9. The number of carbonyl (C=O) groups excluding carboxylic acids is 2. The zero-order valence-electron chi connectivity index (χ0n) is 9.82. The maximum atomic E-state index is 11.9. The second-order valence-electron chi connectivity index (χ2n) is 3.45. The van der Waals surface area contributed by atoms with Crippen LogP contribution in [0.3, 0.4) is 0 Å². The molecular weight excluding hydrogens is 314 g/mol. The van der Waals surface area contributed by atoms with Gasteiger partial charge in [0.15, 0.2) is 6.17 Å². The molecule has 19 heavy (non-hydrogen) atoms. The first-order chi connectivity index (χ1) is 8.84. The number of ether oxygens (including phenoxy) is 1. The number of alkyl halides is 3. The Labute approximate surface area is 125 Å². The zero-order valence-corrected chi connectivity index (χ0v) is 12.1. The first-order valence-electron chi connectivity index (χ1n) is 5.11. The van der Waals surface area contributed by atoms with Crippen molar-refractivity contribution < 1.29 is 14.3 Å². The molecule has 0 saturated carbocycles. The van der Waals surface area contributed by atoms with E-state index in [1.165, 1.54) is 0 Å². The van der Waals surface area contributed by atoms with Crippen LogP contribution >= 0.6 is 34.8 Å². The highest BCUT2D eigenvalue weighted by Gasteiger charge is 2.35. The molecule has 0 bridgehead atoms. The number of hydrogen-bond donors (Lipinski definition) is 2. The Morgan fingerprint density at radius 2 is 1.74 bits per heavy atom. The summed E-state index contributed by atoms with van der Waals surface area (Å²) in [7, 11) is 1.16. The molecule has 0 aromatic heterocycles. The molecule has 0 aliphatic rings. The molecule has 1 rings (SSSR count). The third kappa shape index (κ3) is 5.14. The quantitative estimate of drug-likeness (QED) is 0.662. The van der Waals surface area contributed by atoms with Crippen LogP contribution in [0, 0.1) is 0 Å². The van der Waals surface area contributed by atoms with Gasteiger partial charge < -0.3 is 10.1 Å². The third-order valence-corrected chi connectivity index (χ3v) is 2.74. The van der Waals surface area contributed by atoms with E-state index in [2.05, 4.69) is 15.4 Å². The molecule has 1 aromatic carbocycles. The summed E-state index contributed by atoms with van der Waals surface area (Å²) in [6, 6.07) is 8.31. The molecule has 2 amide bonds. The van der Waals surface area contributed by atoms with E-state index in [1.54, 1.807) is 30.3 Å². The lowest BCUT2D eigenvalue weighted by Gasteiger charge is -2.25. The van der Waals surface area contributed by atoms with Gasteiger partial charge in [-0.3, -0.25) is 10.1 Å². The summed E-state index contributed by atoms with van der Waals surface area (Å²) in [5.41, 5.74) is 0.369. The number of nitrogens with one attached hydrogen (secondary N) is 2. The molecule has 8 heteroatoms. The number of carbonyl (C=O) groups is 2. The number of methoxy groups -OCH3 is 1. The fraction of sp³-hybridized carbons (Fsp3) is 0.273. The van der Waals surface area contributed by atoms with Gasteiger partial charge in [-0.1, -0.05) is 53.0 Å². The van der Waals surface area contributed by atoms with Crippen LogP contribution in [0.5, 0.6) is 0 Å². The van der Waals surface area contributed by atoms with Gasteiger partial charge in [-0.05, 0) is 12.1 Å². The van der Waals surface area contributed by atoms with E-state index >= 15 is 0 Å². The molecular formula is C11H11Cl3N2O3. The van der Waals surface area contributed by atoms with Gasteiger partial charge in [0, 0.05) is 5.56 Å². The van der Waals surface area contributed by atoms with Gasteiger partial charge in [0.1, 0.15) is 0 Å². The van der Waals surface area contributed by atoms with Crippen LogP contribution in [0.4, 0.5) is 4.79 Å². The van der Waals surface area contributed by atoms with E-state index in [4.69, 9.17) is 34.8 Å². The van der Waals surface area contributed by atoms with Crippen molar-refractivity contribution in [3.8, 4) is 0 Å². The molecule has 0 fully saturated rings. The predicted octanol–water partition coefficient (Wildman–Crippen LogP) is 2.47. The molecule has 0 heterocycles. The van der Waals surface area contributed by atoms with E-state index in [0.29, 0.717) is 5.56 Å². The lowest BCUT2D eigenvalue weighted by molar-refractivity contribution is 0.0927. The first kappa shape index (κ1) is 15.9. The van der Waals surface area contributed by atoms with Crippen molar-refractivity contribution in [2.24, 2.45) is 0 Å². The highest BCUT2D eigenvalue weighted by Crippen LogP contribution is 2.29. The summed E-state index contributed by atoms with van der Waals surface area (Å²) in [4.78, 5) is 23.0. The standard InChI is InChI=1S/C11H11Cl3N2O3/c1-19-10(18)16-9(11(12,13)14)15-8(17)7-5-3-2-4-6-7/h2-6,9H,1H3,(H,15,17)(H,16,18)/t9-/m0/s1. The van der Waals surface area contributed by atoms with E-state index < -0.39 is 22.0 Å². The van der Waals surface area contributed by atoms with E-state index in [9.17, 15) is 9.59 Å². The van der Waals surface area contributed by atoms with Crippen LogP contribution in [-0.4, -0.2) is 29.1 Å². The summed E-state index contributed by atoms with van der Waals surface area (Å²) in [6.07, 6.45) is -2.05. The molecule has 0 aliphatic heterocycles. The molecule has 0 radical (unpaired) electrons. The van der Waals surface area contributed by atoms with Crippen LogP contribution in [0.15, 0.2) is 30.3 Å². The van der Waals surface area contributed by atoms with Gasteiger partial charge in [0.2, 0.25) is 3.79 Å². The minimum Gasteiger partial charge on any atom is -0.453 e. The summed E-state index contributed by atoms with van der Waals surface area (Å²) in [5, 5.41) is 4.61. The first-order valence-corrected chi connectivity index (χ1v) is 6.25. The number of amides is 2. The van der Waals surface area contributed by atoms with Crippen molar-refractivity contribution >= 4 is 46.8 Å². The van der Waals surface area contributed by atoms with Crippen LogP contribution in [0.25, 0.3) is 0 Å². The average Bonchev–Trinajstić information content (AvgIpc) is 2.37. The van der Waals surface area contributed by atoms with Crippen molar-refractivity contribution in [3.05, 3.63) is 35.9 Å². The fourth-order valence-corrected chi connectivity index (χ4v) is 1.51. The highest BCUT2D eigenvalue weighted by molar-refractivity contribution is 6.68. The van der Waals surface area contributed by atoms with Gasteiger partial charge in [-0.2, -0.15) is 0 Å². The maximum Gasteiger partial charge on any atom is 0.408 e. The molecule has 1 aromatic rings. The number of hydrogen-bond acceptors (Lipinski definition) is 3. The Morgan fingerprint density at radius 3 is 2.21 bits per heavy atom. The van der Waals surface area contributed by atoms with Gasteiger partial charge >= 0.3 is 6.09 Å². The molecule has 1 atom stereocenters. The number of rotatable bonds is 3. The summed E-state index contributed by atoms with van der Waals surface area (Å²) >= 11 is 17.0. The monoisotopic (exact) mass is 324 g/mol. The van der Waals surface area contributed by atoms with E-state index in [-0.39, 0.29) is 0 Å². The fourth-order valence-electron chi connectivity index (χ4n) is 1.18. The Morgan fingerprint density at radius 1 is 1.16 bits per heavy atom. The van der Waals surface area contributed by atoms with E-state index in [0.717, 1.165) is 7.11 Å². The molecule has 0 aliphatic carbocycles. The summed E-state index contributed by atoms with van der Waals surface area (Å²) in [6.45, 7) is 0. The molecule has 0 unspecified atom stereocenters. The zero-order chi connectivity index (χ0) is 14.5. The highest BCUT2D eigenvalue weighted by atomic mass is 35.6. The van der Waals surface area contributed by atoms with Crippen LogP contribution in [-0.2, 0) is 4.74 Å². The van der Waals surface area contributed by atoms with Gasteiger partial charge in [-0.15, -0.1) is 0 Å². The SMILES string of the molecule is COC(=O)N[C@H](NC(=O)c1ccccc1)C(Cl)(Cl)Cl. The number of halogens is 3. The minimum absolute atomic E-state index is 0.369. The average molecular weight is 326 g/mol. The lowest BCUT2D eigenvalue weighted by Crippen LogP contribution is -2.55.